The van der Waals surface area contributed by atoms with E-state index in [-0.39, 0.29) is 5.06 Å². The second-order valence-electron chi connectivity index (χ2n) is 5.32. The summed E-state index contributed by atoms with van der Waals surface area (Å²) in [5, 5.41) is 11.2. The molecule has 0 spiro atoms. The molecule has 0 bridgehead atoms. The fourth-order valence-corrected chi connectivity index (χ4v) is 4.36. The minimum absolute atomic E-state index is 0.246. The van der Waals surface area contributed by atoms with E-state index < -0.39 is 0 Å². The van der Waals surface area contributed by atoms with Crippen LogP contribution in [-0.2, 0) is 0 Å². The zero-order valence-electron chi connectivity index (χ0n) is 13.0. The Morgan fingerprint density at radius 2 is 1.62 bits per heavy atom. The summed E-state index contributed by atoms with van der Waals surface area (Å²) in [5.74, 6) is 1.08. The average molecular weight is 346 g/mol. The van der Waals surface area contributed by atoms with Gasteiger partial charge in [0.1, 0.15) is 5.69 Å². The molecule has 0 amide bonds. The van der Waals surface area contributed by atoms with Gasteiger partial charge in [0.2, 0.25) is 5.06 Å². The predicted octanol–water partition coefficient (Wildman–Crippen LogP) is 6.21. The molecule has 0 aliphatic heterocycles. The highest BCUT2D eigenvalue weighted by atomic mass is 32.2. The van der Waals surface area contributed by atoms with Crippen molar-refractivity contribution in [2.45, 2.75) is 75.5 Å². The highest BCUT2D eigenvalue weighted by Gasteiger charge is 2.07. The van der Waals surface area contributed by atoms with Gasteiger partial charge in [-0.2, -0.15) is 0 Å². The van der Waals surface area contributed by atoms with Crippen LogP contribution in [0.1, 0.15) is 76.8 Å². The van der Waals surface area contributed by atoms with E-state index in [4.69, 9.17) is 12.2 Å². The van der Waals surface area contributed by atoms with E-state index in [0.29, 0.717) is 5.69 Å². The van der Waals surface area contributed by atoms with Gasteiger partial charge in [-0.05, 0) is 6.42 Å². The lowest BCUT2D eigenvalue weighted by Gasteiger charge is -2.01. The van der Waals surface area contributed by atoms with Crippen molar-refractivity contribution >= 4 is 40.7 Å². The minimum Gasteiger partial charge on any atom is -0.498 e. The molecule has 1 aromatic rings. The maximum atomic E-state index is 9.55. The van der Waals surface area contributed by atoms with E-state index in [1.165, 1.54) is 80.9 Å². The number of rotatable bonds is 13. The first-order valence-corrected chi connectivity index (χ1v) is 10.3. The number of unbranched alkanes of at least 4 members (excludes halogenated alkanes) is 9. The van der Waals surface area contributed by atoms with Gasteiger partial charge < -0.3 is 5.11 Å². The molecule has 0 aliphatic rings. The van der Waals surface area contributed by atoms with E-state index in [0.717, 1.165) is 10.1 Å². The van der Waals surface area contributed by atoms with Crippen LogP contribution in [-0.4, -0.2) is 21.2 Å². The number of aromatic hydroxyl groups is 1. The highest BCUT2D eigenvalue weighted by molar-refractivity contribution is 8.01. The van der Waals surface area contributed by atoms with E-state index in [1.54, 1.807) is 11.8 Å². The summed E-state index contributed by atoms with van der Waals surface area (Å²) in [4.78, 5) is 4.28. The maximum absolute atomic E-state index is 9.55. The first-order chi connectivity index (χ1) is 10.3. The van der Waals surface area contributed by atoms with E-state index in [2.05, 4.69) is 11.9 Å². The Hall–Kier alpha value is -0.130. The summed E-state index contributed by atoms with van der Waals surface area (Å²) >= 11 is 7.86. The average Bonchev–Trinajstić information content (AvgIpc) is 2.85. The SMILES string of the molecule is CCCCCCCCCCCCSc1nc(C=S)c(O)s1. The number of thiazole rings is 1. The lowest BCUT2D eigenvalue weighted by Crippen LogP contribution is -1.84. The predicted molar refractivity (Wildman–Crippen MR) is 99.1 cm³/mol. The summed E-state index contributed by atoms with van der Waals surface area (Å²) in [5.41, 5.74) is 0.542. The number of hydrogen-bond donors (Lipinski definition) is 1. The van der Waals surface area contributed by atoms with Gasteiger partial charge in [-0.15, -0.1) is 0 Å². The van der Waals surface area contributed by atoms with Crippen LogP contribution in [0.5, 0.6) is 5.06 Å². The molecular formula is C16H27NOS3. The van der Waals surface area contributed by atoms with Crippen LogP contribution in [0.25, 0.3) is 0 Å². The van der Waals surface area contributed by atoms with Gasteiger partial charge in [-0.3, -0.25) is 0 Å². The third-order valence-corrected chi connectivity index (χ3v) is 5.78. The van der Waals surface area contributed by atoms with Crippen molar-refractivity contribution in [1.29, 1.82) is 0 Å². The molecule has 2 nitrogen and oxygen atoms in total. The van der Waals surface area contributed by atoms with Crippen LogP contribution >= 0.6 is 35.3 Å². The van der Waals surface area contributed by atoms with Gasteiger partial charge in [0.15, 0.2) is 4.34 Å². The van der Waals surface area contributed by atoms with Crippen LogP contribution in [0.15, 0.2) is 4.34 Å². The Balaban J connectivity index is 1.91. The molecule has 0 saturated heterocycles. The largest absolute Gasteiger partial charge is 0.498 e. The third kappa shape index (κ3) is 8.79. The Morgan fingerprint density at radius 1 is 1.05 bits per heavy atom. The summed E-state index contributed by atoms with van der Waals surface area (Å²) in [6.45, 7) is 2.27. The number of thioether (sulfide) groups is 1. The molecule has 5 heteroatoms. The van der Waals surface area contributed by atoms with Gasteiger partial charge >= 0.3 is 0 Å². The van der Waals surface area contributed by atoms with Gasteiger partial charge in [0.25, 0.3) is 0 Å². The molecular weight excluding hydrogens is 318 g/mol. The molecule has 120 valence electrons. The molecule has 0 radical (unpaired) electrons. The standard InChI is InChI=1S/C16H27NOS3/c1-2-3-4-5-6-7-8-9-10-11-12-20-16-17-14(13-19)15(18)21-16/h13,18H,2-12H2,1H3. The maximum Gasteiger partial charge on any atom is 0.201 e. The third-order valence-electron chi connectivity index (χ3n) is 3.45. The summed E-state index contributed by atoms with van der Waals surface area (Å²) in [6.07, 6.45) is 13.6. The van der Waals surface area contributed by atoms with E-state index in [1.807, 2.05) is 0 Å². The zero-order valence-corrected chi connectivity index (χ0v) is 15.4. The first kappa shape index (κ1) is 18.9. The lowest BCUT2D eigenvalue weighted by molar-refractivity contribution is 0.488. The molecule has 1 heterocycles. The fraction of sp³-hybridized carbons (Fsp3) is 0.750. The van der Waals surface area contributed by atoms with Crippen LogP contribution in [0.2, 0.25) is 0 Å². The summed E-state index contributed by atoms with van der Waals surface area (Å²) in [7, 11) is 0. The van der Waals surface area contributed by atoms with Crippen LogP contribution in [0.4, 0.5) is 0 Å². The molecule has 21 heavy (non-hydrogen) atoms. The molecule has 0 saturated carbocycles. The van der Waals surface area contributed by atoms with E-state index >= 15 is 0 Å². The molecule has 0 unspecified atom stereocenters. The van der Waals surface area contributed by atoms with Crippen molar-refractivity contribution in [2.75, 3.05) is 5.75 Å². The normalized spacial score (nSPS) is 10.9. The van der Waals surface area contributed by atoms with Crippen LogP contribution in [0, 0.1) is 0 Å². The summed E-state index contributed by atoms with van der Waals surface area (Å²) < 4.78 is 0.930. The Morgan fingerprint density at radius 3 is 2.14 bits per heavy atom. The van der Waals surface area contributed by atoms with Crippen molar-refractivity contribution < 1.29 is 5.11 Å². The van der Waals surface area contributed by atoms with Gasteiger partial charge in [0, 0.05) is 11.1 Å². The van der Waals surface area contributed by atoms with Crippen molar-refractivity contribution in [3.63, 3.8) is 0 Å². The molecule has 0 atom stereocenters. The van der Waals surface area contributed by atoms with Gasteiger partial charge in [-0.1, -0.05) is 100 Å². The van der Waals surface area contributed by atoms with E-state index in [9.17, 15) is 5.11 Å². The van der Waals surface area contributed by atoms with Gasteiger partial charge in [-0.25, -0.2) is 4.98 Å². The number of nitrogens with zero attached hydrogens (tertiary/aromatic N) is 1. The molecule has 1 N–H and O–H groups in total. The van der Waals surface area contributed by atoms with Crippen molar-refractivity contribution in [3.8, 4) is 5.06 Å². The molecule has 1 rings (SSSR count). The Labute approximate surface area is 142 Å². The monoisotopic (exact) mass is 345 g/mol. The Kier molecular flexibility index (Phi) is 11.2. The first-order valence-electron chi connectivity index (χ1n) is 8.05. The van der Waals surface area contributed by atoms with Crippen LogP contribution < -0.4 is 0 Å². The number of hydrogen-bond acceptors (Lipinski definition) is 5. The molecule has 0 fully saturated rings. The van der Waals surface area contributed by atoms with Crippen molar-refractivity contribution in [3.05, 3.63) is 5.69 Å². The molecule has 0 aromatic carbocycles. The topological polar surface area (TPSA) is 33.1 Å². The van der Waals surface area contributed by atoms with Crippen molar-refractivity contribution in [1.82, 2.24) is 4.98 Å². The number of thiocarbonyl (C=S) groups is 1. The quantitative estimate of drug-likeness (QED) is 0.262. The fourth-order valence-electron chi connectivity index (χ4n) is 2.19. The molecule has 1 aromatic heterocycles. The smallest absolute Gasteiger partial charge is 0.201 e. The Bertz CT molecular complexity index is 393. The van der Waals surface area contributed by atoms with Crippen LogP contribution in [0.3, 0.4) is 0 Å². The second kappa shape index (κ2) is 12.4. The van der Waals surface area contributed by atoms with Crippen molar-refractivity contribution in [2.24, 2.45) is 0 Å². The number of aromatic nitrogens is 1. The molecule has 0 aliphatic carbocycles. The lowest BCUT2D eigenvalue weighted by atomic mass is 10.1. The highest BCUT2D eigenvalue weighted by Crippen LogP contribution is 2.32. The zero-order chi connectivity index (χ0) is 15.3. The van der Waals surface area contributed by atoms with Gasteiger partial charge in [0.05, 0.1) is 0 Å². The minimum atomic E-state index is 0.246. The second-order valence-corrected chi connectivity index (χ2v) is 7.87. The summed E-state index contributed by atoms with van der Waals surface area (Å²) in [6, 6.07) is 0.